The molecule has 0 radical (unpaired) electrons. The van der Waals surface area contributed by atoms with Crippen LogP contribution in [0.5, 0.6) is 0 Å². The molecule has 0 atom stereocenters. The van der Waals surface area contributed by atoms with Crippen LogP contribution in [0.2, 0.25) is 0 Å². The van der Waals surface area contributed by atoms with Crippen LogP contribution in [0.3, 0.4) is 0 Å². The van der Waals surface area contributed by atoms with E-state index in [1.165, 1.54) is 29.3 Å². The minimum absolute atomic E-state index is 0.0855. The number of aromatic nitrogens is 2. The van der Waals surface area contributed by atoms with Crippen molar-refractivity contribution in [2.45, 2.75) is 51.2 Å². The number of nitrogens with one attached hydrogen (secondary N) is 1. The Balaban J connectivity index is 1.43. The molecule has 0 bridgehead atoms. The van der Waals surface area contributed by atoms with E-state index < -0.39 is 0 Å². The molecule has 0 unspecified atom stereocenters. The van der Waals surface area contributed by atoms with Crippen molar-refractivity contribution in [3.05, 3.63) is 76.3 Å². The van der Waals surface area contributed by atoms with Gasteiger partial charge in [0.1, 0.15) is 6.54 Å². The maximum atomic E-state index is 13.0. The van der Waals surface area contributed by atoms with Gasteiger partial charge in [-0.15, -0.1) is 0 Å². The molecular formula is C25H28N4O3. The van der Waals surface area contributed by atoms with Crippen molar-refractivity contribution < 1.29 is 9.59 Å². The van der Waals surface area contributed by atoms with Gasteiger partial charge in [-0.05, 0) is 42.7 Å². The van der Waals surface area contributed by atoms with Gasteiger partial charge in [0.25, 0.3) is 11.5 Å². The van der Waals surface area contributed by atoms with E-state index in [9.17, 15) is 14.4 Å². The van der Waals surface area contributed by atoms with E-state index in [1.807, 2.05) is 30.3 Å². The first-order valence-corrected chi connectivity index (χ1v) is 11.1. The van der Waals surface area contributed by atoms with Gasteiger partial charge < -0.3 is 14.8 Å². The Morgan fingerprint density at radius 3 is 2.75 bits per heavy atom. The number of pyridine rings is 2. The zero-order valence-corrected chi connectivity index (χ0v) is 18.3. The van der Waals surface area contributed by atoms with E-state index in [0.717, 1.165) is 42.1 Å². The lowest BCUT2D eigenvalue weighted by Gasteiger charge is -2.23. The van der Waals surface area contributed by atoms with Gasteiger partial charge in [-0.1, -0.05) is 31.4 Å². The summed E-state index contributed by atoms with van der Waals surface area (Å²) >= 11 is 0. The first-order valence-electron chi connectivity index (χ1n) is 11.1. The molecule has 0 aliphatic heterocycles. The van der Waals surface area contributed by atoms with Crippen molar-refractivity contribution >= 4 is 22.7 Å². The highest BCUT2D eigenvalue weighted by Gasteiger charge is 2.18. The first kappa shape index (κ1) is 21.7. The largest absolute Gasteiger partial charge is 0.352 e. The van der Waals surface area contributed by atoms with E-state index in [1.54, 1.807) is 18.1 Å². The topological polar surface area (TPSA) is 84.3 Å². The van der Waals surface area contributed by atoms with Gasteiger partial charge in [-0.2, -0.15) is 0 Å². The Morgan fingerprint density at radius 1 is 1.12 bits per heavy atom. The van der Waals surface area contributed by atoms with Crippen LogP contribution in [0.1, 0.15) is 48.0 Å². The molecule has 7 heteroatoms. The van der Waals surface area contributed by atoms with E-state index >= 15 is 0 Å². The summed E-state index contributed by atoms with van der Waals surface area (Å²) in [5.41, 5.74) is 1.97. The zero-order chi connectivity index (χ0) is 22.5. The molecule has 166 valence electrons. The van der Waals surface area contributed by atoms with E-state index in [4.69, 9.17) is 0 Å². The lowest BCUT2D eigenvalue weighted by molar-refractivity contribution is -0.122. The van der Waals surface area contributed by atoms with E-state index in [0.29, 0.717) is 12.1 Å². The molecular weight excluding hydrogens is 404 g/mol. The average molecular weight is 433 g/mol. The van der Waals surface area contributed by atoms with E-state index in [2.05, 4.69) is 10.3 Å². The quantitative estimate of drug-likeness (QED) is 0.649. The molecule has 0 saturated heterocycles. The first-order chi connectivity index (χ1) is 15.5. The predicted octanol–water partition coefficient (Wildman–Crippen LogP) is 3.12. The number of benzene rings is 1. The van der Waals surface area contributed by atoms with Crippen LogP contribution in [0, 0.1) is 0 Å². The molecule has 7 nitrogen and oxygen atoms in total. The fourth-order valence-electron chi connectivity index (χ4n) is 4.25. The van der Waals surface area contributed by atoms with Crippen LogP contribution >= 0.6 is 0 Å². The number of nitrogens with zero attached hydrogens (tertiary/aromatic N) is 3. The number of amides is 2. The summed E-state index contributed by atoms with van der Waals surface area (Å²) in [4.78, 5) is 43.6. The Hall–Kier alpha value is -3.48. The molecule has 2 heterocycles. The summed E-state index contributed by atoms with van der Waals surface area (Å²) in [6.45, 7) is 0.336. The lowest BCUT2D eigenvalue weighted by atomic mass is 9.95. The van der Waals surface area contributed by atoms with Crippen molar-refractivity contribution in [3.8, 4) is 0 Å². The van der Waals surface area contributed by atoms with Crippen LogP contribution in [0.25, 0.3) is 10.9 Å². The summed E-state index contributed by atoms with van der Waals surface area (Å²) in [5, 5.41) is 4.03. The summed E-state index contributed by atoms with van der Waals surface area (Å²) < 4.78 is 1.31. The highest BCUT2D eigenvalue weighted by molar-refractivity contribution is 5.93. The monoisotopic (exact) mass is 432 g/mol. The predicted molar refractivity (Wildman–Crippen MR) is 123 cm³/mol. The highest BCUT2D eigenvalue weighted by atomic mass is 16.2. The van der Waals surface area contributed by atoms with Gasteiger partial charge in [-0.3, -0.25) is 19.4 Å². The Labute approximate surface area is 187 Å². The Kier molecular flexibility index (Phi) is 6.63. The second-order valence-corrected chi connectivity index (χ2v) is 8.48. The number of carbonyl (C=O) groups is 2. The molecule has 0 spiro atoms. The summed E-state index contributed by atoms with van der Waals surface area (Å²) in [6.07, 6.45) is 8.64. The van der Waals surface area contributed by atoms with Gasteiger partial charge in [0.15, 0.2) is 0 Å². The van der Waals surface area contributed by atoms with Crippen LogP contribution < -0.4 is 10.9 Å². The molecule has 3 aromatic rings. The van der Waals surface area contributed by atoms with Crippen molar-refractivity contribution in [1.29, 1.82) is 0 Å². The zero-order valence-electron chi connectivity index (χ0n) is 18.3. The summed E-state index contributed by atoms with van der Waals surface area (Å²) in [7, 11) is 1.72. The normalized spacial score (nSPS) is 14.3. The van der Waals surface area contributed by atoms with Gasteiger partial charge in [-0.25, -0.2) is 0 Å². The lowest BCUT2D eigenvalue weighted by Crippen LogP contribution is -2.40. The molecule has 1 N–H and O–H groups in total. The Bertz CT molecular complexity index is 1180. The van der Waals surface area contributed by atoms with Crippen molar-refractivity contribution in [2.75, 3.05) is 7.05 Å². The molecule has 1 fully saturated rings. The van der Waals surface area contributed by atoms with Crippen molar-refractivity contribution in [1.82, 2.24) is 19.8 Å². The minimum Gasteiger partial charge on any atom is -0.352 e. The molecule has 1 aliphatic rings. The molecule has 2 aromatic heterocycles. The van der Waals surface area contributed by atoms with Crippen LogP contribution in [-0.4, -0.2) is 39.4 Å². The number of rotatable bonds is 6. The maximum absolute atomic E-state index is 13.0. The Morgan fingerprint density at radius 2 is 1.94 bits per heavy atom. The second-order valence-electron chi connectivity index (χ2n) is 8.48. The molecule has 2 amide bonds. The minimum atomic E-state index is -0.301. The van der Waals surface area contributed by atoms with Crippen molar-refractivity contribution in [2.24, 2.45) is 0 Å². The molecule has 1 aliphatic carbocycles. The molecule has 32 heavy (non-hydrogen) atoms. The van der Waals surface area contributed by atoms with Gasteiger partial charge >= 0.3 is 0 Å². The van der Waals surface area contributed by atoms with Gasteiger partial charge in [0.2, 0.25) is 5.91 Å². The van der Waals surface area contributed by atoms with Crippen LogP contribution in [0.15, 0.2) is 59.7 Å². The highest BCUT2D eigenvalue weighted by Crippen LogP contribution is 2.17. The number of fused-ring (bicyclic) bond motifs is 1. The average Bonchev–Trinajstić information content (AvgIpc) is 2.80. The summed E-state index contributed by atoms with van der Waals surface area (Å²) in [5.74, 6) is -0.403. The number of hydrogen-bond acceptors (Lipinski definition) is 4. The standard InChI is InChI=1S/C25H28N4O3/c1-28(15-18-9-11-22-19(14-18)6-5-13-26-22)25(32)20-10-12-24(31)29(16-20)17-23(30)27-21-7-3-2-4-8-21/h5-6,9-14,16,21H,2-4,7-8,15,17H2,1H3,(H,27,30). The third-order valence-corrected chi connectivity index (χ3v) is 5.95. The second kappa shape index (κ2) is 9.77. The fourth-order valence-corrected chi connectivity index (χ4v) is 4.25. The third-order valence-electron chi connectivity index (χ3n) is 5.95. The number of carbonyl (C=O) groups excluding carboxylic acids is 2. The van der Waals surface area contributed by atoms with Crippen LogP contribution in [-0.2, 0) is 17.9 Å². The third kappa shape index (κ3) is 5.22. The number of hydrogen-bond donors (Lipinski definition) is 1. The molecule has 1 saturated carbocycles. The molecule has 1 aromatic carbocycles. The van der Waals surface area contributed by atoms with E-state index in [-0.39, 0.29) is 30.0 Å². The maximum Gasteiger partial charge on any atom is 0.255 e. The van der Waals surface area contributed by atoms with Gasteiger partial charge in [0, 0.05) is 43.5 Å². The fraction of sp³-hybridized carbons (Fsp3) is 0.360. The van der Waals surface area contributed by atoms with Gasteiger partial charge in [0.05, 0.1) is 11.1 Å². The van der Waals surface area contributed by atoms with Crippen LogP contribution in [0.4, 0.5) is 0 Å². The molecule has 4 rings (SSSR count). The summed E-state index contributed by atoms with van der Waals surface area (Å²) in [6, 6.07) is 12.8. The van der Waals surface area contributed by atoms with Crippen molar-refractivity contribution in [3.63, 3.8) is 0 Å². The smallest absolute Gasteiger partial charge is 0.255 e. The SMILES string of the molecule is CN(Cc1ccc2ncccc2c1)C(=O)c1ccc(=O)n(CC(=O)NC2CCCCC2)c1.